The van der Waals surface area contributed by atoms with Crippen LogP contribution in [0.2, 0.25) is 5.02 Å². The summed E-state index contributed by atoms with van der Waals surface area (Å²) in [6, 6.07) is 17.1. The highest BCUT2D eigenvalue weighted by Gasteiger charge is 2.21. The lowest BCUT2D eigenvalue weighted by Gasteiger charge is -2.13. The van der Waals surface area contributed by atoms with Crippen LogP contribution >= 0.6 is 11.6 Å². The molecule has 5 nitrogen and oxygen atoms in total. The summed E-state index contributed by atoms with van der Waals surface area (Å²) >= 11 is 6.12. The fraction of sp³-hybridized carbons (Fsp3) is 0.136. The number of fused-ring (bicyclic) bond motifs is 1. The number of halogens is 1. The summed E-state index contributed by atoms with van der Waals surface area (Å²) in [7, 11) is 0. The number of nitrogens with one attached hydrogen (secondary N) is 1. The van der Waals surface area contributed by atoms with E-state index in [2.05, 4.69) is 15.4 Å². The quantitative estimate of drug-likeness (QED) is 0.504. The van der Waals surface area contributed by atoms with Gasteiger partial charge in [0.1, 0.15) is 0 Å². The molecule has 0 atom stereocenters. The number of rotatable bonds is 4. The highest BCUT2D eigenvalue weighted by Crippen LogP contribution is 2.25. The normalized spacial score (nSPS) is 11.1. The Labute approximate surface area is 168 Å². The molecule has 1 amide bonds. The van der Waals surface area contributed by atoms with Crippen molar-refractivity contribution < 1.29 is 4.79 Å². The van der Waals surface area contributed by atoms with E-state index in [1.807, 2.05) is 68.4 Å². The molecule has 2 aromatic carbocycles. The highest BCUT2D eigenvalue weighted by molar-refractivity contribution is 6.30. The Morgan fingerprint density at radius 3 is 2.68 bits per heavy atom. The van der Waals surface area contributed by atoms with Gasteiger partial charge in [0.25, 0.3) is 5.91 Å². The van der Waals surface area contributed by atoms with Gasteiger partial charge < -0.3 is 5.32 Å². The number of carbonyl (C=O) groups is 1. The maximum absolute atomic E-state index is 13.0. The van der Waals surface area contributed by atoms with E-state index in [-0.39, 0.29) is 11.8 Å². The number of aromatic nitrogens is 3. The molecule has 0 fully saturated rings. The van der Waals surface area contributed by atoms with E-state index in [1.54, 1.807) is 17.1 Å². The van der Waals surface area contributed by atoms with E-state index in [1.165, 1.54) is 0 Å². The molecule has 2 heterocycles. The van der Waals surface area contributed by atoms with Crippen molar-refractivity contribution in [1.29, 1.82) is 0 Å². The van der Waals surface area contributed by atoms with E-state index >= 15 is 0 Å². The molecular formula is C22H19ClN4O. The van der Waals surface area contributed by atoms with Crippen molar-refractivity contribution in [2.45, 2.75) is 19.8 Å². The summed E-state index contributed by atoms with van der Waals surface area (Å²) in [5, 5.41) is 8.98. The molecule has 0 spiro atoms. The lowest BCUT2D eigenvalue weighted by atomic mass is 10.0. The maximum Gasteiger partial charge on any atom is 0.259 e. The average Bonchev–Trinajstić information content (AvgIpc) is 3.13. The number of amides is 1. The van der Waals surface area contributed by atoms with Crippen LogP contribution in [0.15, 0.2) is 67.0 Å². The largest absolute Gasteiger partial charge is 0.320 e. The number of hydrogen-bond donors (Lipinski definition) is 1. The van der Waals surface area contributed by atoms with Crippen LogP contribution in [0, 0.1) is 0 Å². The molecule has 6 heteroatoms. The maximum atomic E-state index is 13.0. The zero-order chi connectivity index (χ0) is 19.7. The van der Waals surface area contributed by atoms with Crippen molar-refractivity contribution >= 4 is 34.1 Å². The Bertz CT molecular complexity index is 1170. The summed E-state index contributed by atoms with van der Waals surface area (Å²) in [5.41, 5.74) is 3.71. The fourth-order valence-corrected chi connectivity index (χ4v) is 3.42. The van der Waals surface area contributed by atoms with E-state index in [0.717, 1.165) is 22.3 Å². The summed E-state index contributed by atoms with van der Waals surface area (Å²) < 4.78 is 1.77. The smallest absolute Gasteiger partial charge is 0.259 e. The Morgan fingerprint density at radius 2 is 1.89 bits per heavy atom. The Hall–Kier alpha value is -3.18. The van der Waals surface area contributed by atoms with Crippen molar-refractivity contribution in [2.24, 2.45) is 0 Å². The van der Waals surface area contributed by atoms with Gasteiger partial charge in [-0.05, 0) is 36.2 Å². The third kappa shape index (κ3) is 3.49. The van der Waals surface area contributed by atoms with Gasteiger partial charge >= 0.3 is 0 Å². The van der Waals surface area contributed by atoms with E-state index in [4.69, 9.17) is 11.6 Å². The molecule has 4 aromatic rings. The molecule has 0 saturated carbocycles. The second-order valence-corrected chi connectivity index (χ2v) is 7.30. The topological polar surface area (TPSA) is 59.8 Å². The van der Waals surface area contributed by atoms with Gasteiger partial charge in [0.2, 0.25) is 0 Å². The van der Waals surface area contributed by atoms with Crippen molar-refractivity contribution in [3.8, 4) is 5.69 Å². The van der Waals surface area contributed by atoms with Crippen LogP contribution in [0.1, 0.15) is 35.8 Å². The molecule has 28 heavy (non-hydrogen) atoms. The van der Waals surface area contributed by atoms with Gasteiger partial charge in [0, 0.05) is 10.4 Å². The van der Waals surface area contributed by atoms with Gasteiger partial charge in [-0.1, -0.05) is 49.7 Å². The summed E-state index contributed by atoms with van der Waals surface area (Å²) in [6.07, 6.45) is 3.26. The van der Waals surface area contributed by atoms with Crippen molar-refractivity contribution in [3.63, 3.8) is 0 Å². The molecule has 2 aromatic heterocycles. The minimum absolute atomic E-state index is 0.0944. The van der Waals surface area contributed by atoms with Crippen LogP contribution in [0.5, 0.6) is 0 Å². The van der Waals surface area contributed by atoms with Crippen LogP contribution in [0.4, 0.5) is 5.69 Å². The predicted molar refractivity (Wildman–Crippen MR) is 112 cm³/mol. The fourth-order valence-electron chi connectivity index (χ4n) is 3.24. The van der Waals surface area contributed by atoms with Crippen molar-refractivity contribution in [2.75, 3.05) is 5.32 Å². The molecule has 4 rings (SSSR count). The van der Waals surface area contributed by atoms with Crippen LogP contribution in [-0.4, -0.2) is 20.7 Å². The monoisotopic (exact) mass is 390 g/mol. The zero-order valence-electron chi connectivity index (χ0n) is 15.6. The van der Waals surface area contributed by atoms with Crippen LogP contribution in [0.3, 0.4) is 0 Å². The van der Waals surface area contributed by atoms with Gasteiger partial charge in [-0.25, -0.2) is 4.68 Å². The van der Waals surface area contributed by atoms with Gasteiger partial charge in [0.05, 0.1) is 40.5 Å². The second kappa shape index (κ2) is 7.44. The van der Waals surface area contributed by atoms with Gasteiger partial charge in [0.15, 0.2) is 0 Å². The zero-order valence-corrected chi connectivity index (χ0v) is 16.3. The van der Waals surface area contributed by atoms with Gasteiger partial charge in [-0.3, -0.25) is 9.78 Å². The van der Waals surface area contributed by atoms with E-state index in [0.29, 0.717) is 16.3 Å². The Balaban J connectivity index is 1.68. The molecule has 140 valence electrons. The first-order valence-corrected chi connectivity index (χ1v) is 9.41. The number of pyridine rings is 1. The third-order valence-corrected chi connectivity index (χ3v) is 4.73. The van der Waals surface area contributed by atoms with Gasteiger partial charge in [-0.2, -0.15) is 5.10 Å². The molecule has 0 bridgehead atoms. The molecule has 0 aliphatic heterocycles. The second-order valence-electron chi connectivity index (χ2n) is 6.86. The molecule has 1 N–H and O–H groups in total. The number of benzene rings is 2. The highest BCUT2D eigenvalue weighted by atomic mass is 35.5. The van der Waals surface area contributed by atoms with Gasteiger partial charge in [-0.15, -0.1) is 0 Å². The van der Waals surface area contributed by atoms with Crippen LogP contribution in [0.25, 0.3) is 16.6 Å². The van der Waals surface area contributed by atoms with E-state index in [9.17, 15) is 4.79 Å². The lowest BCUT2D eigenvalue weighted by molar-refractivity contribution is 0.102. The number of hydrogen-bond acceptors (Lipinski definition) is 3. The first-order chi connectivity index (χ1) is 13.5. The SMILES string of the molecule is CC(C)c1c(C(=O)Nc2cnc3ccccc3c2)cnn1-c1cccc(Cl)c1. The van der Waals surface area contributed by atoms with Crippen LogP contribution in [-0.2, 0) is 0 Å². The number of carbonyl (C=O) groups excluding carboxylic acids is 1. The molecule has 0 saturated heterocycles. The lowest BCUT2D eigenvalue weighted by Crippen LogP contribution is -2.15. The average molecular weight is 391 g/mol. The first-order valence-electron chi connectivity index (χ1n) is 9.03. The Morgan fingerprint density at radius 1 is 1.07 bits per heavy atom. The summed E-state index contributed by atoms with van der Waals surface area (Å²) in [6.45, 7) is 4.07. The Kier molecular flexibility index (Phi) is 4.84. The van der Waals surface area contributed by atoms with Crippen molar-refractivity contribution in [1.82, 2.24) is 14.8 Å². The van der Waals surface area contributed by atoms with Crippen LogP contribution < -0.4 is 5.32 Å². The molecule has 0 aliphatic rings. The molecule has 0 aliphatic carbocycles. The molecular weight excluding hydrogens is 372 g/mol. The predicted octanol–water partition coefficient (Wildman–Crippen LogP) is 5.45. The van der Waals surface area contributed by atoms with E-state index < -0.39 is 0 Å². The van der Waals surface area contributed by atoms with Crippen molar-refractivity contribution in [3.05, 3.63) is 83.3 Å². The number of para-hydroxylation sites is 1. The number of anilines is 1. The summed E-state index contributed by atoms with van der Waals surface area (Å²) in [4.78, 5) is 17.4. The standard InChI is InChI=1S/C22H19ClN4O/c1-14(2)21-19(13-25-27(21)18-8-5-7-16(23)11-18)22(28)26-17-10-15-6-3-4-9-20(15)24-12-17/h3-14H,1-2H3,(H,26,28). The third-order valence-electron chi connectivity index (χ3n) is 4.50. The minimum atomic E-state index is -0.214. The first kappa shape index (κ1) is 18.2. The minimum Gasteiger partial charge on any atom is -0.320 e. The number of nitrogens with zero attached hydrogens (tertiary/aromatic N) is 3. The summed E-state index contributed by atoms with van der Waals surface area (Å²) in [5.74, 6) is -0.119. The molecule has 0 radical (unpaired) electrons. The molecule has 0 unspecified atom stereocenters.